The Morgan fingerprint density at radius 1 is 1.00 bits per heavy atom. The third-order valence-corrected chi connectivity index (χ3v) is 4.85. The molecule has 2 rings (SSSR count). The standard InChI is InChI=1S/C26H34N2O4/c1-7-13-32-22-11-9-21(16-23(22)31-8-2)10-12-25(30)28(6)17-24(29)27-26-19(4)14-18(3)15-20(26)5/h9-12,14-16H,7-8,13,17H2,1-6H3,(H,27,29)/b12-10+. The molecule has 0 radical (unpaired) electrons. The maximum absolute atomic E-state index is 12.5. The summed E-state index contributed by atoms with van der Waals surface area (Å²) in [5.41, 5.74) is 4.76. The van der Waals surface area contributed by atoms with Gasteiger partial charge in [-0.05, 0) is 69.0 Å². The van der Waals surface area contributed by atoms with Gasteiger partial charge in [-0.2, -0.15) is 0 Å². The largest absolute Gasteiger partial charge is 0.490 e. The van der Waals surface area contributed by atoms with E-state index < -0.39 is 0 Å². The fourth-order valence-corrected chi connectivity index (χ4v) is 3.37. The molecule has 0 heterocycles. The molecule has 6 heteroatoms. The van der Waals surface area contributed by atoms with E-state index in [4.69, 9.17) is 9.47 Å². The summed E-state index contributed by atoms with van der Waals surface area (Å²) in [6.45, 7) is 11.0. The molecule has 172 valence electrons. The minimum atomic E-state index is -0.262. The van der Waals surface area contributed by atoms with Gasteiger partial charge in [0.2, 0.25) is 11.8 Å². The van der Waals surface area contributed by atoms with Crippen molar-refractivity contribution < 1.29 is 19.1 Å². The Balaban J connectivity index is 2.01. The quantitative estimate of drug-likeness (QED) is 0.535. The maximum Gasteiger partial charge on any atom is 0.246 e. The Bertz CT molecular complexity index is 959. The molecule has 2 aromatic rings. The van der Waals surface area contributed by atoms with E-state index >= 15 is 0 Å². The highest BCUT2D eigenvalue weighted by Gasteiger charge is 2.13. The lowest BCUT2D eigenvalue weighted by atomic mass is 10.1. The van der Waals surface area contributed by atoms with Gasteiger partial charge >= 0.3 is 0 Å². The minimum Gasteiger partial charge on any atom is -0.490 e. The Kier molecular flexibility index (Phi) is 9.32. The van der Waals surface area contributed by atoms with Gasteiger partial charge in [0.1, 0.15) is 0 Å². The van der Waals surface area contributed by atoms with Crippen LogP contribution in [0, 0.1) is 20.8 Å². The molecule has 0 aromatic heterocycles. The number of rotatable bonds is 10. The first-order valence-corrected chi connectivity index (χ1v) is 11.0. The van der Waals surface area contributed by atoms with E-state index in [1.54, 1.807) is 13.1 Å². The summed E-state index contributed by atoms with van der Waals surface area (Å²) in [4.78, 5) is 26.4. The van der Waals surface area contributed by atoms with Crippen LogP contribution < -0.4 is 14.8 Å². The van der Waals surface area contributed by atoms with E-state index in [1.165, 1.54) is 11.0 Å². The second-order valence-corrected chi connectivity index (χ2v) is 7.84. The second kappa shape index (κ2) is 11.9. The zero-order valence-electron chi connectivity index (χ0n) is 20.0. The number of benzene rings is 2. The smallest absolute Gasteiger partial charge is 0.246 e. The molecule has 6 nitrogen and oxygen atoms in total. The van der Waals surface area contributed by atoms with E-state index in [2.05, 4.69) is 5.32 Å². The summed E-state index contributed by atoms with van der Waals surface area (Å²) in [5.74, 6) is 0.835. The van der Waals surface area contributed by atoms with Gasteiger partial charge in [0.15, 0.2) is 11.5 Å². The van der Waals surface area contributed by atoms with Gasteiger partial charge in [-0.3, -0.25) is 9.59 Å². The van der Waals surface area contributed by atoms with Crippen LogP contribution in [-0.4, -0.2) is 43.5 Å². The third-order valence-electron chi connectivity index (χ3n) is 4.85. The van der Waals surface area contributed by atoms with Crippen molar-refractivity contribution in [3.05, 3.63) is 58.7 Å². The van der Waals surface area contributed by atoms with E-state index in [1.807, 2.05) is 65.0 Å². The molecule has 0 aliphatic heterocycles. The Morgan fingerprint density at radius 3 is 2.31 bits per heavy atom. The van der Waals surface area contributed by atoms with Gasteiger partial charge in [0.25, 0.3) is 0 Å². The van der Waals surface area contributed by atoms with Crippen molar-refractivity contribution >= 4 is 23.6 Å². The number of carbonyl (C=O) groups excluding carboxylic acids is 2. The van der Waals surface area contributed by atoms with Gasteiger partial charge < -0.3 is 19.7 Å². The molecular formula is C26H34N2O4. The molecule has 2 aromatic carbocycles. The zero-order chi connectivity index (χ0) is 23.7. The van der Waals surface area contributed by atoms with Crippen molar-refractivity contribution in [2.45, 2.75) is 41.0 Å². The van der Waals surface area contributed by atoms with E-state index in [-0.39, 0.29) is 18.4 Å². The molecule has 0 saturated carbocycles. The van der Waals surface area contributed by atoms with Gasteiger partial charge in [-0.25, -0.2) is 0 Å². The van der Waals surface area contributed by atoms with Crippen LogP contribution in [0.1, 0.15) is 42.5 Å². The van der Waals surface area contributed by atoms with Crippen LogP contribution in [0.25, 0.3) is 6.08 Å². The summed E-state index contributed by atoms with van der Waals surface area (Å²) in [6, 6.07) is 9.60. The Morgan fingerprint density at radius 2 is 1.69 bits per heavy atom. The van der Waals surface area contributed by atoms with Crippen molar-refractivity contribution in [2.75, 3.05) is 32.1 Å². The van der Waals surface area contributed by atoms with Crippen molar-refractivity contribution in [3.63, 3.8) is 0 Å². The molecule has 0 unspecified atom stereocenters. The van der Waals surface area contributed by atoms with Crippen molar-refractivity contribution in [1.29, 1.82) is 0 Å². The lowest BCUT2D eigenvalue weighted by Crippen LogP contribution is -2.34. The molecule has 0 fully saturated rings. The molecule has 0 atom stereocenters. The molecule has 0 spiro atoms. The number of hydrogen-bond donors (Lipinski definition) is 1. The Hall–Kier alpha value is -3.28. The monoisotopic (exact) mass is 438 g/mol. The summed E-state index contributed by atoms with van der Waals surface area (Å²) in [6.07, 6.45) is 4.06. The number of hydrogen-bond acceptors (Lipinski definition) is 4. The average Bonchev–Trinajstić information content (AvgIpc) is 2.74. The summed E-state index contributed by atoms with van der Waals surface area (Å²) in [7, 11) is 1.61. The molecule has 0 aliphatic carbocycles. The highest BCUT2D eigenvalue weighted by molar-refractivity contribution is 5.98. The van der Waals surface area contributed by atoms with Crippen LogP contribution in [0.4, 0.5) is 5.69 Å². The molecular weight excluding hydrogens is 404 g/mol. The highest BCUT2D eigenvalue weighted by Crippen LogP contribution is 2.29. The number of carbonyl (C=O) groups is 2. The highest BCUT2D eigenvalue weighted by atomic mass is 16.5. The van der Waals surface area contributed by atoms with E-state index in [9.17, 15) is 9.59 Å². The first kappa shape index (κ1) is 25.0. The SMILES string of the molecule is CCCOc1ccc(/C=C/C(=O)N(C)CC(=O)Nc2c(C)cc(C)cc2C)cc1OCC. The van der Waals surface area contributed by atoms with Gasteiger partial charge in [0, 0.05) is 18.8 Å². The number of aryl methyl sites for hydroxylation is 3. The first-order chi connectivity index (χ1) is 15.2. The molecule has 0 bridgehead atoms. The lowest BCUT2D eigenvalue weighted by Gasteiger charge is -2.17. The number of nitrogens with one attached hydrogen (secondary N) is 1. The van der Waals surface area contributed by atoms with E-state index in [0.717, 1.165) is 34.4 Å². The molecule has 1 N–H and O–H groups in total. The number of amides is 2. The minimum absolute atomic E-state index is 0.0378. The number of anilines is 1. The predicted octanol–water partition coefficient (Wildman–Crippen LogP) is 4.91. The van der Waals surface area contributed by atoms with Crippen LogP contribution in [0.15, 0.2) is 36.4 Å². The Labute approximate surface area is 191 Å². The second-order valence-electron chi connectivity index (χ2n) is 7.84. The van der Waals surface area contributed by atoms with E-state index in [0.29, 0.717) is 24.7 Å². The van der Waals surface area contributed by atoms with Crippen LogP contribution in [0.5, 0.6) is 11.5 Å². The topological polar surface area (TPSA) is 67.9 Å². The van der Waals surface area contributed by atoms with Crippen LogP contribution in [0.2, 0.25) is 0 Å². The molecule has 32 heavy (non-hydrogen) atoms. The fraction of sp³-hybridized carbons (Fsp3) is 0.385. The van der Waals surface area contributed by atoms with Gasteiger partial charge in [-0.1, -0.05) is 30.7 Å². The van der Waals surface area contributed by atoms with Gasteiger partial charge in [-0.15, -0.1) is 0 Å². The average molecular weight is 439 g/mol. The normalized spacial score (nSPS) is 10.8. The van der Waals surface area contributed by atoms with Crippen molar-refractivity contribution in [1.82, 2.24) is 4.90 Å². The van der Waals surface area contributed by atoms with Crippen LogP contribution in [0.3, 0.4) is 0 Å². The van der Waals surface area contributed by atoms with Crippen LogP contribution in [-0.2, 0) is 9.59 Å². The first-order valence-electron chi connectivity index (χ1n) is 11.0. The number of nitrogens with zero attached hydrogens (tertiary/aromatic N) is 1. The summed E-state index contributed by atoms with van der Waals surface area (Å²) < 4.78 is 11.4. The van der Waals surface area contributed by atoms with Crippen LogP contribution >= 0.6 is 0 Å². The molecule has 0 saturated heterocycles. The molecule has 0 aliphatic rings. The fourth-order valence-electron chi connectivity index (χ4n) is 3.37. The number of ether oxygens (including phenoxy) is 2. The van der Waals surface area contributed by atoms with Crippen molar-refractivity contribution in [3.8, 4) is 11.5 Å². The van der Waals surface area contributed by atoms with Crippen molar-refractivity contribution in [2.24, 2.45) is 0 Å². The third kappa shape index (κ3) is 7.15. The predicted molar refractivity (Wildman–Crippen MR) is 129 cm³/mol. The van der Waals surface area contributed by atoms with Gasteiger partial charge in [0.05, 0.1) is 19.8 Å². The molecule has 2 amide bonds. The number of likely N-dealkylation sites (N-methyl/N-ethyl adjacent to an activating group) is 1. The maximum atomic E-state index is 12.5. The lowest BCUT2D eigenvalue weighted by molar-refractivity contribution is -0.129. The zero-order valence-corrected chi connectivity index (χ0v) is 20.0. The summed E-state index contributed by atoms with van der Waals surface area (Å²) >= 11 is 0. The summed E-state index contributed by atoms with van der Waals surface area (Å²) in [5, 5.41) is 2.92.